The number of benzene rings is 1. The third kappa shape index (κ3) is 3.56. The van der Waals surface area contributed by atoms with Crippen LogP contribution >= 0.6 is 11.3 Å². The van der Waals surface area contributed by atoms with Gasteiger partial charge in [-0.15, -0.1) is 0 Å². The Morgan fingerprint density at radius 3 is 2.96 bits per heavy atom. The van der Waals surface area contributed by atoms with Crippen LogP contribution in [0.1, 0.15) is 48.4 Å². The van der Waals surface area contributed by atoms with E-state index in [4.69, 9.17) is 9.72 Å². The molecule has 28 heavy (non-hydrogen) atoms. The van der Waals surface area contributed by atoms with Gasteiger partial charge < -0.3 is 4.74 Å². The van der Waals surface area contributed by atoms with Crippen LogP contribution in [-0.4, -0.2) is 39.9 Å². The predicted molar refractivity (Wildman–Crippen MR) is 112 cm³/mol. The van der Waals surface area contributed by atoms with E-state index < -0.39 is 0 Å². The van der Waals surface area contributed by atoms with Crippen LogP contribution in [0.5, 0.6) is 0 Å². The average molecular weight is 399 g/mol. The first-order valence-corrected chi connectivity index (χ1v) is 10.8. The minimum atomic E-state index is -0.0601. The number of hydrogen-bond donors (Lipinski definition) is 0. The van der Waals surface area contributed by atoms with Crippen molar-refractivity contribution in [1.29, 1.82) is 0 Å². The van der Waals surface area contributed by atoms with Gasteiger partial charge in [0.2, 0.25) is 0 Å². The van der Waals surface area contributed by atoms with Crippen molar-refractivity contribution < 1.29 is 9.53 Å². The topological polar surface area (TPSA) is 60.2 Å². The lowest BCUT2D eigenvalue weighted by Gasteiger charge is -2.23. The SMILES string of the molecule is CCc1cccc2sc(N(CC3CCCO3)C(=O)c3cc(C)nn3CC)nc12. The zero-order chi connectivity index (χ0) is 19.7. The molecule has 1 unspecified atom stereocenters. The summed E-state index contributed by atoms with van der Waals surface area (Å²) in [5, 5.41) is 5.18. The van der Waals surface area contributed by atoms with Crippen LogP contribution in [0, 0.1) is 6.92 Å². The maximum Gasteiger partial charge on any atom is 0.278 e. The normalized spacial score (nSPS) is 16.8. The Kier molecular flexibility index (Phi) is 5.46. The molecule has 1 aromatic carbocycles. The number of ether oxygens (including phenoxy) is 1. The van der Waals surface area contributed by atoms with Crippen molar-refractivity contribution in [2.45, 2.75) is 52.7 Å². The van der Waals surface area contributed by atoms with Crippen LogP contribution in [0.4, 0.5) is 5.13 Å². The van der Waals surface area contributed by atoms with E-state index >= 15 is 0 Å². The zero-order valence-electron chi connectivity index (χ0n) is 16.6. The number of thiazole rings is 1. The second-order valence-electron chi connectivity index (χ2n) is 7.15. The predicted octanol–water partition coefficient (Wildman–Crippen LogP) is 4.21. The van der Waals surface area contributed by atoms with E-state index in [1.54, 1.807) is 20.9 Å². The number of amides is 1. The molecule has 0 aliphatic carbocycles. The summed E-state index contributed by atoms with van der Waals surface area (Å²) in [6, 6.07) is 8.10. The summed E-state index contributed by atoms with van der Waals surface area (Å²) in [4.78, 5) is 20.2. The number of aryl methyl sites for hydroxylation is 3. The van der Waals surface area contributed by atoms with E-state index in [9.17, 15) is 4.79 Å². The highest BCUT2D eigenvalue weighted by molar-refractivity contribution is 7.22. The molecule has 0 radical (unpaired) electrons. The maximum atomic E-state index is 13.5. The summed E-state index contributed by atoms with van der Waals surface area (Å²) < 4.78 is 8.71. The number of aromatic nitrogens is 3. The van der Waals surface area contributed by atoms with Crippen LogP contribution in [0.15, 0.2) is 24.3 Å². The summed E-state index contributed by atoms with van der Waals surface area (Å²) in [6.07, 6.45) is 2.99. The lowest BCUT2D eigenvalue weighted by molar-refractivity contribution is 0.0908. The van der Waals surface area contributed by atoms with E-state index in [0.717, 1.165) is 46.9 Å². The fraction of sp³-hybridized carbons (Fsp3) is 0.476. The fourth-order valence-electron chi connectivity index (χ4n) is 3.73. The molecule has 0 bridgehead atoms. The molecule has 4 rings (SSSR count). The van der Waals surface area contributed by atoms with Crippen molar-refractivity contribution in [2.24, 2.45) is 0 Å². The highest BCUT2D eigenvalue weighted by Crippen LogP contribution is 2.32. The van der Waals surface area contributed by atoms with Gasteiger partial charge in [-0.05, 0) is 50.8 Å². The van der Waals surface area contributed by atoms with Crippen LogP contribution in [0.25, 0.3) is 10.2 Å². The monoisotopic (exact) mass is 398 g/mol. The average Bonchev–Trinajstić information content (AvgIpc) is 3.43. The molecule has 2 aromatic heterocycles. The van der Waals surface area contributed by atoms with Crippen LogP contribution in [-0.2, 0) is 17.7 Å². The number of rotatable bonds is 6. The molecule has 0 spiro atoms. The van der Waals surface area contributed by atoms with E-state index in [2.05, 4.69) is 30.2 Å². The number of anilines is 1. The number of carbonyl (C=O) groups excluding carboxylic acids is 1. The molecule has 6 nitrogen and oxygen atoms in total. The molecule has 7 heteroatoms. The number of carbonyl (C=O) groups is 1. The van der Waals surface area contributed by atoms with E-state index in [0.29, 0.717) is 18.8 Å². The number of nitrogens with zero attached hydrogens (tertiary/aromatic N) is 4. The van der Waals surface area contributed by atoms with Crippen LogP contribution < -0.4 is 4.90 Å². The number of fused-ring (bicyclic) bond motifs is 1. The van der Waals surface area contributed by atoms with Gasteiger partial charge in [0.05, 0.1) is 28.6 Å². The smallest absolute Gasteiger partial charge is 0.278 e. The molecule has 1 amide bonds. The summed E-state index contributed by atoms with van der Waals surface area (Å²) in [6.45, 7) is 7.98. The molecule has 1 fully saturated rings. The third-order valence-electron chi connectivity index (χ3n) is 5.18. The fourth-order valence-corrected chi connectivity index (χ4v) is 4.75. The molecule has 3 heterocycles. The molecule has 1 aliphatic heterocycles. The van der Waals surface area contributed by atoms with E-state index in [1.165, 1.54) is 5.56 Å². The van der Waals surface area contributed by atoms with Gasteiger partial charge >= 0.3 is 0 Å². The van der Waals surface area contributed by atoms with Gasteiger partial charge in [0.15, 0.2) is 5.13 Å². The van der Waals surface area contributed by atoms with Gasteiger partial charge in [-0.25, -0.2) is 4.98 Å². The summed E-state index contributed by atoms with van der Waals surface area (Å²) in [5.41, 5.74) is 3.65. The largest absolute Gasteiger partial charge is 0.376 e. The van der Waals surface area contributed by atoms with Crippen molar-refractivity contribution in [3.05, 3.63) is 41.2 Å². The Hall–Kier alpha value is -2.25. The van der Waals surface area contributed by atoms with Gasteiger partial charge in [0, 0.05) is 13.2 Å². The first-order valence-electron chi connectivity index (χ1n) is 9.97. The minimum Gasteiger partial charge on any atom is -0.376 e. The quantitative estimate of drug-likeness (QED) is 0.624. The Morgan fingerprint density at radius 2 is 2.25 bits per heavy atom. The van der Waals surface area contributed by atoms with Crippen molar-refractivity contribution in [2.75, 3.05) is 18.1 Å². The molecule has 0 saturated carbocycles. The lowest BCUT2D eigenvalue weighted by Crippen LogP contribution is -2.38. The molecule has 1 aliphatic rings. The highest BCUT2D eigenvalue weighted by atomic mass is 32.1. The standard InChI is InChI=1S/C21H26N4O2S/c1-4-15-8-6-10-18-19(15)22-21(28-18)24(13-16-9-7-11-27-16)20(26)17-12-14(3)23-25(17)5-2/h6,8,10,12,16H,4-5,7,9,11,13H2,1-3H3. The Balaban J connectivity index is 1.76. The van der Waals surface area contributed by atoms with E-state index in [1.807, 2.05) is 19.9 Å². The number of hydrogen-bond acceptors (Lipinski definition) is 5. The highest BCUT2D eigenvalue weighted by Gasteiger charge is 2.29. The van der Waals surface area contributed by atoms with Crippen molar-refractivity contribution in [1.82, 2.24) is 14.8 Å². The van der Waals surface area contributed by atoms with Gasteiger partial charge in [-0.1, -0.05) is 30.4 Å². The summed E-state index contributed by atoms with van der Waals surface area (Å²) in [7, 11) is 0. The van der Waals surface area contributed by atoms with Gasteiger partial charge in [-0.3, -0.25) is 14.4 Å². The van der Waals surface area contributed by atoms with E-state index in [-0.39, 0.29) is 12.0 Å². The maximum absolute atomic E-state index is 13.5. The van der Waals surface area contributed by atoms with Crippen LogP contribution in [0.2, 0.25) is 0 Å². The molecule has 3 aromatic rings. The van der Waals surface area contributed by atoms with Gasteiger partial charge in [-0.2, -0.15) is 5.10 Å². The molecular weight excluding hydrogens is 372 g/mol. The molecule has 1 saturated heterocycles. The first-order chi connectivity index (χ1) is 13.6. The van der Waals surface area contributed by atoms with Gasteiger partial charge in [0.1, 0.15) is 5.69 Å². The van der Waals surface area contributed by atoms with Gasteiger partial charge in [0.25, 0.3) is 5.91 Å². The molecule has 148 valence electrons. The minimum absolute atomic E-state index is 0.0562. The molecular formula is C21H26N4O2S. The zero-order valence-corrected chi connectivity index (χ0v) is 17.5. The molecule has 0 N–H and O–H groups in total. The second kappa shape index (κ2) is 8.01. The summed E-state index contributed by atoms with van der Waals surface area (Å²) in [5.74, 6) is -0.0601. The lowest BCUT2D eigenvalue weighted by atomic mass is 10.1. The Morgan fingerprint density at radius 1 is 1.39 bits per heavy atom. The molecule has 1 atom stereocenters. The first kappa shape index (κ1) is 19.1. The third-order valence-corrected chi connectivity index (χ3v) is 6.22. The Bertz CT molecular complexity index is 988. The van der Waals surface area contributed by atoms with Crippen molar-refractivity contribution >= 4 is 32.6 Å². The summed E-state index contributed by atoms with van der Waals surface area (Å²) >= 11 is 1.57. The second-order valence-corrected chi connectivity index (χ2v) is 8.16. The van der Waals surface area contributed by atoms with Crippen molar-refractivity contribution in [3.63, 3.8) is 0 Å². The Labute approximate surface area is 169 Å². The van der Waals surface area contributed by atoms with Crippen LogP contribution in [0.3, 0.4) is 0 Å². The van der Waals surface area contributed by atoms with Crippen molar-refractivity contribution in [3.8, 4) is 0 Å². The number of para-hydroxylation sites is 1.